The highest BCUT2D eigenvalue weighted by molar-refractivity contribution is 5.97. The maximum absolute atomic E-state index is 13.0. The summed E-state index contributed by atoms with van der Waals surface area (Å²) in [5.41, 5.74) is 2.46. The van der Waals surface area contributed by atoms with Gasteiger partial charge in [-0.15, -0.1) is 0 Å². The highest BCUT2D eigenvalue weighted by Gasteiger charge is 2.40. The molecule has 1 aromatic carbocycles. The highest BCUT2D eigenvalue weighted by atomic mass is 16.5. The van der Waals surface area contributed by atoms with Gasteiger partial charge in [0, 0.05) is 19.2 Å². The minimum atomic E-state index is 0.0663. The molecule has 2 aromatic rings. The number of carbonyl (C=O) groups is 1. The Balaban J connectivity index is 1.60. The number of hydrogen-bond acceptors (Lipinski definition) is 4. The minimum absolute atomic E-state index is 0.0663. The second kappa shape index (κ2) is 5.94. The zero-order valence-electron chi connectivity index (χ0n) is 13.2. The predicted molar refractivity (Wildman–Crippen MR) is 85.3 cm³/mol. The Bertz CT molecular complexity index is 714. The van der Waals surface area contributed by atoms with Crippen LogP contribution in [0.1, 0.15) is 29.6 Å². The Kier molecular flexibility index (Phi) is 3.79. The molecule has 23 heavy (non-hydrogen) atoms. The summed E-state index contributed by atoms with van der Waals surface area (Å²) < 4.78 is 11.4. The summed E-state index contributed by atoms with van der Waals surface area (Å²) in [5, 5.41) is 0. The summed E-state index contributed by atoms with van der Waals surface area (Å²) >= 11 is 0. The van der Waals surface area contributed by atoms with Crippen molar-refractivity contribution in [1.29, 1.82) is 0 Å². The van der Waals surface area contributed by atoms with Crippen molar-refractivity contribution in [2.75, 3.05) is 20.3 Å². The van der Waals surface area contributed by atoms with Crippen molar-refractivity contribution in [2.45, 2.75) is 37.5 Å². The number of H-pyrrole nitrogens is 1. The minimum Gasteiger partial charge on any atom is -0.381 e. The standard InChI is InChI=1S/C17H21N3O3/c1-22-12-3-5-16-15(9-12)20(6-7-23-16)17(21)11-2-4-13-14(8-11)19-10-18-13/h2,4,8,10,12,15-16H,3,5-7,9H2,1H3,(H,18,19)/t12-,15+,16+/m1/s1. The molecule has 1 aromatic heterocycles. The van der Waals surface area contributed by atoms with Gasteiger partial charge in [-0.2, -0.15) is 0 Å². The van der Waals surface area contributed by atoms with E-state index in [-0.39, 0.29) is 24.2 Å². The van der Waals surface area contributed by atoms with Gasteiger partial charge in [0.1, 0.15) is 0 Å². The Labute approximate surface area is 134 Å². The van der Waals surface area contributed by atoms with Crippen LogP contribution in [0.5, 0.6) is 0 Å². The van der Waals surface area contributed by atoms with Crippen molar-refractivity contribution in [1.82, 2.24) is 14.9 Å². The topological polar surface area (TPSA) is 67.5 Å². The molecule has 0 bridgehead atoms. The molecule has 1 saturated carbocycles. The zero-order chi connectivity index (χ0) is 15.8. The van der Waals surface area contributed by atoms with Crippen LogP contribution in [0.3, 0.4) is 0 Å². The van der Waals surface area contributed by atoms with Crippen LogP contribution in [-0.4, -0.2) is 59.3 Å². The van der Waals surface area contributed by atoms with Gasteiger partial charge in [0.15, 0.2) is 0 Å². The van der Waals surface area contributed by atoms with Crippen molar-refractivity contribution in [3.05, 3.63) is 30.1 Å². The summed E-state index contributed by atoms with van der Waals surface area (Å²) in [6.07, 6.45) is 4.79. The quantitative estimate of drug-likeness (QED) is 0.920. The molecule has 2 aliphatic rings. The monoisotopic (exact) mass is 315 g/mol. The molecule has 6 nitrogen and oxygen atoms in total. The first-order valence-electron chi connectivity index (χ1n) is 8.15. The number of ether oxygens (including phenoxy) is 2. The molecule has 1 N–H and O–H groups in total. The van der Waals surface area contributed by atoms with Gasteiger partial charge < -0.3 is 19.4 Å². The fourth-order valence-electron chi connectivity index (χ4n) is 3.77. The molecule has 3 atom stereocenters. The lowest BCUT2D eigenvalue weighted by molar-refractivity contribution is -0.101. The highest BCUT2D eigenvalue weighted by Crippen LogP contribution is 2.31. The van der Waals surface area contributed by atoms with E-state index in [4.69, 9.17) is 9.47 Å². The molecule has 0 spiro atoms. The maximum Gasteiger partial charge on any atom is 0.254 e. The summed E-state index contributed by atoms with van der Waals surface area (Å²) in [7, 11) is 1.74. The molecule has 1 amide bonds. The van der Waals surface area contributed by atoms with E-state index < -0.39 is 0 Å². The normalized spacial score (nSPS) is 27.9. The maximum atomic E-state index is 13.0. The molecule has 2 fully saturated rings. The van der Waals surface area contributed by atoms with E-state index in [0.29, 0.717) is 18.7 Å². The van der Waals surface area contributed by atoms with Crippen LogP contribution in [0.2, 0.25) is 0 Å². The van der Waals surface area contributed by atoms with Crippen molar-refractivity contribution in [2.24, 2.45) is 0 Å². The van der Waals surface area contributed by atoms with E-state index in [1.165, 1.54) is 0 Å². The number of carbonyl (C=O) groups excluding carboxylic acids is 1. The van der Waals surface area contributed by atoms with Gasteiger partial charge in [-0.05, 0) is 37.5 Å². The Morgan fingerprint density at radius 2 is 2.35 bits per heavy atom. The molecule has 2 heterocycles. The molecule has 6 heteroatoms. The first kappa shape index (κ1) is 14.7. The number of aromatic nitrogens is 2. The Hall–Kier alpha value is -1.92. The van der Waals surface area contributed by atoms with Crippen LogP contribution in [0.4, 0.5) is 0 Å². The molecule has 1 aliphatic carbocycles. The lowest BCUT2D eigenvalue weighted by Gasteiger charge is -2.45. The van der Waals surface area contributed by atoms with Crippen LogP contribution < -0.4 is 0 Å². The van der Waals surface area contributed by atoms with E-state index in [2.05, 4.69) is 9.97 Å². The largest absolute Gasteiger partial charge is 0.381 e. The van der Waals surface area contributed by atoms with E-state index in [0.717, 1.165) is 30.3 Å². The number of methoxy groups -OCH3 is 1. The number of benzene rings is 1. The van der Waals surface area contributed by atoms with Crippen LogP contribution in [0.15, 0.2) is 24.5 Å². The predicted octanol–water partition coefficient (Wildman–Crippen LogP) is 1.97. The zero-order valence-corrected chi connectivity index (χ0v) is 13.2. The van der Waals surface area contributed by atoms with Crippen molar-refractivity contribution in [3.8, 4) is 0 Å². The van der Waals surface area contributed by atoms with Crippen molar-refractivity contribution >= 4 is 16.9 Å². The van der Waals surface area contributed by atoms with Crippen LogP contribution in [0.25, 0.3) is 11.0 Å². The average Bonchev–Trinajstić information content (AvgIpc) is 3.07. The lowest BCUT2D eigenvalue weighted by atomic mass is 9.87. The number of morpholine rings is 1. The molecule has 1 aliphatic heterocycles. The fraction of sp³-hybridized carbons (Fsp3) is 0.529. The molecule has 4 rings (SSSR count). The molecule has 0 radical (unpaired) electrons. The first-order valence-corrected chi connectivity index (χ1v) is 8.15. The Morgan fingerprint density at radius 3 is 3.22 bits per heavy atom. The fourth-order valence-corrected chi connectivity index (χ4v) is 3.77. The van der Waals surface area contributed by atoms with Crippen molar-refractivity contribution < 1.29 is 14.3 Å². The van der Waals surface area contributed by atoms with E-state index in [1.807, 2.05) is 23.1 Å². The van der Waals surface area contributed by atoms with E-state index in [9.17, 15) is 4.79 Å². The first-order chi connectivity index (χ1) is 11.3. The molecule has 122 valence electrons. The number of amides is 1. The SMILES string of the molecule is CO[C@@H]1CC[C@@H]2OCCN(C(=O)c3ccc4nc[nH]c4c3)[C@H]2C1. The number of fused-ring (bicyclic) bond motifs is 2. The summed E-state index contributed by atoms with van der Waals surface area (Å²) in [4.78, 5) is 22.2. The summed E-state index contributed by atoms with van der Waals surface area (Å²) in [6.45, 7) is 1.24. The van der Waals surface area contributed by atoms with Gasteiger partial charge in [0.2, 0.25) is 0 Å². The van der Waals surface area contributed by atoms with Gasteiger partial charge >= 0.3 is 0 Å². The van der Waals surface area contributed by atoms with Crippen LogP contribution in [-0.2, 0) is 9.47 Å². The third-order valence-electron chi connectivity index (χ3n) is 5.03. The summed E-state index contributed by atoms with van der Waals surface area (Å²) in [6, 6.07) is 5.72. The third-order valence-corrected chi connectivity index (χ3v) is 5.03. The van der Waals surface area contributed by atoms with E-state index in [1.54, 1.807) is 13.4 Å². The van der Waals surface area contributed by atoms with Crippen LogP contribution >= 0.6 is 0 Å². The third kappa shape index (κ3) is 2.62. The molecule has 0 unspecified atom stereocenters. The van der Waals surface area contributed by atoms with Crippen molar-refractivity contribution in [3.63, 3.8) is 0 Å². The second-order valence-electron chi connectivity index (χ2n) is 6.28. The number of rotatable bonds is 2. The number of aromatic amines is 1. The molecule has 1 saturated heterocycles. The summed E-state index contributed by atoms with van der Waals surface area (Å²) in [5.74, 6) is 0.0663. The van der Waals surface area contributed by atoms with Gasteiger partial charge in [-0.3, -0.25) is 4.79 Å². The second-order valence-corrected chi connectivity index (χ2v) is 6.28. The number of imidazole rings is 1. The average molecular weight is 315 g/mol. The van der Waals surface area contributed by atoms with Gasteiger partial charge in [-0.1, -0.05) is 0 Å². The van der Waals surface area contributed by atoms with Gasteiger partial charge in [0.05, 0.1) is 42.2 Å². The van der Waals surface area contributed by atoms with E-state index >= 15 is 0 Å². The van der Waals surface area contributed by atoms with Gasteiger partial charge in [0.25, 0.3) is 5.91 Å². The number of nitrogens with one attached hydrogen (secondary N) is 1. The number of hydrogen-bond donors (Lipinski definition) is 1. The van der Waals surface area contributed by atoms with Gasteiger partial charge in [-0.25, -0.2) is 4.98 Å². The Morgan fingerprint density at radius 1 is 1.43 bits per heavy atom. The molecular weight excluding hydrogens is 294 g/mol. The smallest absolute Gasteiger partial charge is 0.254 e. The lowest BCUT2D eigenvalue weighted by Crippen LogP contribution is -2.56. The van der Waals surface area contributed by atoms with Crippen LogP contribution in [0, 0.1) is 0 Å². The molecular formula is C17H21N3O3. The number of nitrogens with zero attached hydrogens (tertiary/aromatic N) is 2.